The van der Waals surface area contributed by atoms with Crippen LogP contribution in [-0.4, -0.2) is 15.5 Å². The fourth-order valence-corrected chi connectivity index (χ4v) is 2.42. The molecular formula is C17H16N4O3. The minimum atomic E-state index is -0.403. The summed E-state index contributed by atoms with van der Waals surface area (Å²) in [6, 6.07) is 5.67. The number of hydrogen-bond acceptors (Lipinski definition) is 5. The van der Waals surface area contributed by atoms with Crippen LogP contribution < -0.4 is 5.32 Å². The van der Waals surface area contributed by atoms with Crippen molar-refractivity contribution in [3.8, 4) is 12.0 Å². The highest BCUT2D eigenvalue weighted by molar-refractivity contribution is 5.98. The lowest BCUT2D eigenvalue weighted by molar-refractivity contribution is 0.0945. The van der Waals surface area contributed by atoms with E-state index in [0.29, 0.717) is 23.3 Å². The monoisotopic (exact) mass is 324 g/mol. The van der Waals surface area contributed by atoms with Gasteiger partial charge in [0, 0.05) is 12.4 Å². The minimum Gasteiger partial charge on any atom is -0.444 e. The van der Waals surface area contributed by atoms with Gasteiger partial charge in [-0.25, -0.2) is 4.98 Å². The van der Waals surface area contributed by atoms with Gasteiger partial charge < -0.3 is 14.2 Å². The van der Waals surface area contributed by atoms with Gasteiger partial charge in [-0.1, -0.05) is 0 Å². The van der Waals surface area contributed by atoms with Crippen molar-refractivity contribution in [1.29, 1.82) is 5.26 Å². The van der Waals surface area contributed by atoms with Gasteiger partial charge in [0.15, 0.2) is 0 Å². The first-order valence-corrected chi connectivity index (χ1v) is 7.39. The molecule has 0 bridgehead atoms. The van der Waals surface area contributed by atoms with E-state index in [1.807, 2.05) is 26.0 Å². The summed E-state index contributed by atoms with van der Waals surface area (Å²) in [5.41, 5.74) is 1.20. The smallest absolute Gasteiger partial charge is 0.256 e. The Hall–Kier alpha value is -3.27. The maximum Gasteiger partial charge on any atom is 0.256 e. The van der Waals surface area contributed by atoms with E-state index >= 15 is 0 Å². The second kappa shape index (κ2) is 6.08. The number of furan rings is 1. The van der Waals surface area contributed by atoms with Crippen molar-refractivity contribution >= 4 is 5.91 Å². The summed E-state index contributed by atoms with van der Waals surface area (Å²) in [6.45, 7) is 5.44. The van der Waals surface area contributed by atoms with Gasteiger partial charge in [-0.2, -0.15) is 5.26 Å². The summed E-state index contributed by atoms with van der Waals surface area (Å²) in [4.78, 5) is 16.7. The molecule has 0 aromatic carbocycles. The van der Waals surface area contributed by atoms with E-state index < -0.39 is 5.91 Å². The van der Waals surface area contributed by atoms with Gasteiger partial charge in [-0.05, 0) is 32.9 Å². The average Bonchev–Trinajstić information content (AvgIpc) is 3.25. The topological polar surface area (TPSA) is 97.0 Å². The van der Waals surface area contributed by atoms with Crippen LogP contribution in [0.25, 0.3) is 5.88 Å². The average molecular weight is 324 g/mol. The molecule has 0 atom stereocenters. The van der Waals surface area contributed by atoms with Crippen LogP contribution in [0, 0.1) is 32.1 Å². The van der Waals surface area contributed by atoms with Gasteiger partial charge in [0.1, 0.15) is 28.7 Å². The third-order valence-corrected chi connectivity index (χ3v) is 3.72. The third kappa shape index (κ3) is 2.70. The molecule has 0 aliphatic rings. The fraction of sp³-hybridized carbons (Fsp3) is 0.235. The van der Waals surface area contributed by atoms with Crippen molar-refractivity contribution in [2.75, 3.05) is 0 Å². The second-order valence-corrected chi connectivity index (χ2v) is 5.35. The minimum absolute atomic E-state index is 0.141. The van der Waals surface area contributed by atoms with Gasteiger partial charge in [0.05, 0.1) is 12.2 Å². The molecule has 3 rings (SSSR count). The van der Waals surface area contributed by atoms with Gasteiger partial charge in [-0.3, -0.25) is 9.36 Å². The zero-order valence-corrected chi connectivity index (χ0v) is 13.6. The predicted molar refractivity (Wildman–Crippen MR) is 84.6 cm³/mol. The Morgan fingerprint density at radius 1 is 1.25 bits per heavy atom. The van der Waals surface area contributed by atoms with Gasteiger partial charge in [0.25, 0.3) is 5.91 Å². The lowest BCUT2D eigenvalue weighted by atomic mass is 10.1. The number of aromatic nitrogens is 2. The van der Waals surface area contributed by atoms with Gasteiger partial charge >= 0.3 is 0 Å². The zero-order valence-electron chi connectivity index (χ0n) is 13.6. The van der Waals surface area contributed by atoms with Crippen LogP contribution in [0.15, 0.2) is 33.4 Å². The molecule has 0 unspecified atom stereocenters. The standard InChI is InChI=1S/C17H16N4O3/c1-10-11(2)23-14(20-10)9-19-16(22)15-12(3)24-17(13(15)8-18)21-6-4-5-7-21/h4-7H,9H2,1-3H3,(H,19,22). The molecule has 7 heteroatoms. The van der Waals surface area contributed by atoms with E-state index in [4.69, 9.17) is 8.83 Å². The van der Waals surface area contributed by atoms with E-state index in [-0.39, 0.29) is 17.7 Å². The normalized spacial score (nSPS) is 10.6. The summed E-state index contributed by atoms with van der Waals surface area (Å²) < 4.78 is 12.7. The number of hydrogen-bond donors (Lipinski definition) is 1. The number of carbonyl (C=O) groups is 1. The lowest BCUT2D eigenvalue weighted by Gasteiger charge is -2.02. The number of carbonyl (C=O) groups excluding carboxylic acids is 1. The van der Waals surface area contributed by atoms with E-state index in [1.54, 1.807) is 23.9 Å². The molecule has 1 amide bonds. The Morgan fingerprint density at radius 3 is 2.54 bits per heavy atom. The summed E-state index contributed by atoms with van der Waals surface area (Å²) in [6.07, 6.45) is 3.50. The molecular weight excluding hydrogens is 308 g/mol. The molecule has 7 nitrogen and oxygen atoms in total. The fourth-order valence-electron chi connectivity index (χ4n) is 2.42. The quantitative estimate of drug-likeness (QED) is 0.796. The molecule has 0 aliphatic heterocycles. The molecule has 3 aromatic rings. The van der Waals surface area contributed by atoms with Crippen LogP contribution >= 0.6 is 0 Å². The van der Waals surface area contributed by atoms with Crippen molar-refractivity contribution in [1.82, 2.24) is 14.9 Å². The largest absolute Gasteiger partial charge is 0.444 e. The first kappa shape index (κ1) is 15.6. The number of nitriles is 1. The summed E-state index contributed by atoms with van der Waals surface area (Å²) in [5.74, 6) is 1.44. The Morgan fingerprint density at radius 2 is 1.96 bits per heavy atom. The highest BCUT2D eigenvalue weighted by atomic mass is 16.4. The SMILES string of the molecule is Cc1nc(CNC(=O)c2c(C)oc(-n3cccc3)c2C#N)oc1C. The molecule has 0 saturated heterocycles. The number of nitrogens with one attached hydrogen (secondary N) is 1. The highest BCUT2D eigenvalue weighted by Gasteiger charge is 2.24. The van der Waals surface area contributed by atoms with Crippen LogP contribution in [-0.2, 0) is 6.54 Å². The molecule has 3 aromatic heterocycles. The summed E-state index contributed by atoms with van der Waals surface area (Å²) in [5, 5.41) is 12.2. The van der Waals surface area contributed by atoms with Crippen molar-refractivity contribution < 1.29 is 13.6 Å². The maximum atomic E-state index is 12.5. The molecule has 3 heterocycles. The van der Waals surface area contributed by atoms with Crippen LogP contribution in [0.4, 0.5) is 0 Å². The first-order chi connectivity index (χ1) is 11.5. The summed E-state index contributed by atoms with van der Waals surface area (Å²) in [7, 11) is 0. The predicted octanol–water partition coefficient (Wildman–Crippen LogP) is 2.79. The molecule has 0 saturated carbocycles. The molecule has 0 fully saturated rings. The van der Waals surface area contributed by atoms with Crippen molar-refractivity contribution in [2.45, 2.75) is 27.3 Å². The van der Waals surface area contributed by atoms with E-state index in [2.05, 4.69) is 16.4 Å². The molecule has 24 heavy (non-hydrogen) atoms. The zero-order chi connectivity index (χ0) is 17.3. The maximum absolute atomic E-state index is 12.5. The Labute approximate surface area is 138 Å². The van der Waals surface area contributed by atoms with Crippen molar-refractivity contribution in [3.63, 3.8) is 0 Å². The van der Waals surface area contributed by atoms with Crippen molar-refractivity contribution in [2.24, 2.45) is 0 Å². The van der Waals surface area contributed by atoms with Crippen LogP contribution in [0.1, 0.15) is 39.0 Å². The molecule has 122 valence electrons. The van der Waals surface area contributed by atoms with Crippen LogP contribution in [0.3, 0.4) is 0 Å². The Bertz CT molecular complexity index is 907. The number of nitrogens with zero attached hydrogens (tertiary/aromatic N) is 3. The lowest BCUT2D eigenvalue weighted by Crippen LogP contribution is -2.24. The number of rotatable bonds is 4. The van der Waals surface area contributed by atoms with E-state index in [0.717, 1.165) is 5.69 Å². The summed E-state index contributed by atoms with van der Waals surface area (Å²) >= 11 is 0. The van der Waals surface area contributed by atoms with Gasteiger partial charge in [-0.15, -0.1) is 0 Å². The Balaban J connectivity index is 1.86. The highest BCUT2D eigenvalue weighted by Crippen LogP contribution is 2.25. The second-order valence-electron chi connectivity index (χ2n) is 5.35. The number of oxazole rings is 1. The molecule has 0 spiro atoms. The van der Waals surface area contributed by atoms with Crippen LogP contribution in [0.2, 0.25) is 0 Å². The van der Waals surface area contributed by atoms with Gasteiger partial charge in [0.2, 0.25) is 11.8 Å². The molecule has 0 aliphatic carbocycles. The van der Waals surface area contributed by atoms with E-state index in [1.165, 1.54) is 0 Å². The van der Waals surface area contributed by atoms with Crippen molar-refractivity contribution in [3.05, 3.63) is 58.8 Å². The number of amides is 1. The van der Waals surface area contributed by atoms with Crippen LogP contribution in [0.5, 0.6) is 0 Å². The first-order valence-electron chi connectivity index (χ1n) is 7.39. The Kier molecular flexibility index (Phi) is 3.96. The number of aryl methyl sites for hydroxylation is 3. The molecule has 0 radical (unpaired) electrons. The third-order valence-electron chi connectivity index (χ3n) is 3.72. The van der Waals surface area contributed by atoms with E-state index in [9.17, 15) is 10.1 Å². The molecule has 1 N–H and O–H groups in total.